The molecule has 0 aliphatic heterocycles. The first-order valence-corrected chi connectivity index (χ1v) is 15.8. The Morgan fingerprint density at radius 3 is 1.95 bits per heavy atom. The number of sulfonamides is 1. The van der Waals surface area contributed by atoms with Gasteiger partial charge in [0.1, 0.15) is 12.6 Å². The lowest BCUT2D eigenvalue weighted by molar-refractivity contribution is -0.140. The summed E-state index contributed by atoms with van der Waals surface area (Å²) in [7, 11) is -3.81. The number of anilines is 1. The zero-order valence-electron chi connectivity index (χ0n) is 25.2. The Balaban J connectivity index is 2.06. The van der Waals surface area contributed by atoms with E-state index < -0.39 is 34.1 Å². The van der Waals surface area contributed by atoms with Gasteiger partial charge in [0.25, 0.3) is 0 Å². The molecule has 3 rings (SSSR count). The van der Waals surface area contributed by atoms with Crippen LogP contribution in [0, 0.1) is 6.92 Å². The van der Waals surface area contributed by atoms with Crippen molar-refractivity contribution in [2.75, 3.05) is 17.1 Å². The molecule has 0 radical (unpaired) electrons. The number of hydrogen-bond acceptors (Lipinski definition) is 4. The monoisotopic (exact) mass is 577 g/mol. The predicted octanol–water partition coefficient (Wildman–Crippen LogP) is 5.44. The Bertz CT molecular complexity index is 1410. The lowest BCUT2D eigenvalue weighted by Crippen LogP contribution is -2.56. The molecule has 3 aromatic carbocycles. The summed E-state index contributed by atoms with van der Waals surface area (Å²) in [4.78, 5) is 29.4. The van der Waals surface area contributed by atoms with E-state index in [4.69, 9.17) is 0 Å². The number of carbonyl (C=O) groups is 2. The molecule has 0 aliphatic rings. The topological polar surface area (TPSA) is 86.8 Å². The van der Waals surface area contributed by atoms with E-state index in [9.17, 15) is 18.0 Å². The fraction of sp³-hybridized carbons (Fsp3) is 0.394. The molecule has 7 nitrogen and oxygen atoms in total. The van der Waals surface area contributed by atoms with Crippen LogP contribution in [-0.4, -0.2) is 49.5 Å². The first-order valence-electron chi connectivity index (χ1n) is 13.9. The number of benzene rings is 3. The van der Waals surface area contributed by atoms with E-state index in [2.05, 4.69) is 19.2 Å². The van der Waals surface area contributed by atoms with Gasteiger partial charge in [-0.25, -0.2) is 8.42 Å². The predicted molar refractivity (Wildman–Crippen MR) is 166 cm³/mol. The quantitative estimate of drug-likeness (QED) is 0.329. The second-order valence-corrected chi connectivity index (χ2v) is 13.9. The molecule has 1 unspecified atom stereocenters. The Hall–Kier alpha value is -3.65. The largest absolute Gasteiger partial charge is 0.350 e. The molecule has 2 amide bonds. The van der Waals surface area contributed by atoms with Gasteiger partial charge in [-0.15, -0.1) is 0 Å². The highest BCUT2D eigenvalue weighted by Gasteiger charge is 2.34. The van der Waals surface area contributed by atoms with Crippen LogP contribution in [0.15, 0.2) is 78.9 Å². The maximum atomic E-state index is 14.2. The number of carbonyl (C=O) groups excluding carboxylic acids is 2. The summed E-state index contributed by atoms with van der Waals surface area (Å²) in [5.41, 5.74) is 3.76. The summed E-state index contributed by atoms with van der Waals surface area (Å²) in [6.07, 6.45) is 1.37. The Labute approximate surface area is 245 Å². The average molecular weight is 578 g/mol. The van der Waals surface area contributed by atoms with E-state index in [0.29, 0.717) is 5.69 Å². The molecule has 1 atom stereocenters. The van der Waals surface area contributed by atoms with Gasteiger partial charge in [0.05, 0.1) is 11.9 Å². The van der Waals surface area contributed by atoms with Crippen LogP contribution in [0.25, 0.3) is 0 Å². The zero-order valence-corrected chi connectivity index (χ0v) is 26.0. The second-order valence-electron chi connectivity index (χ2n) is 12.0. The second kappa shape index (κ2) is 13.3. The van der Waals surface area contributed by atoms with Gasteiger partial charge >= 0.3 is 0 Å². The van der Waals surface area contributed by atoms with Crippen LogP contribution in [0.3, 0.4) is 0 Å². The standard InChI is InChI=1S/C33H43N3O4S/c1-24(2)28-17-19-29(20-18-28)36(41(7,39)40)23-31(37)35(22-27-15-13-25(3)14-16-27)30(32(38)34-33(4,5)6)21-26-11-9-8-10-12-26/h8-20,24,30H,21-23H2,1-7H3,(H,34,38). The Morgan fingerprint density at radius 2 is 1.44 bits per heavy atom. The van der Waals surface area contributed by atoms with Gasteiger partial charge in [-0.05, 0) is 62.4 Å². The van der Waals surface area contributed by atoms with E-state index in [1.807, 2.05) is 94.4 Å². The summed E-state index contributed by atoms with van der Waals surface area (Å²) < 4.78 is 27.0. The molecule has 3 aromatic rings. The summed E-state index contributed by atoms with van der Waals surface area (Å²) in [6.45, 7) is 11.5. The van der Waals surface area contributed by atoms with Gasteiger partial charge in [-0.1, -0.05) is 86.1 Å². The highest BCUT2D eigenvalue weighted by molar-refractivity contribution is 7.92. The molecule has 0 fully saturated rings. The van der Waals surface area contributed by atoms with Crippen LogP contribution in [0.5, 0.6) is 0 Å². The molecule has 1 N–H and O–H groups in total. The van der Waals surface area contributed by atoms with Crippen LogP contribution in [0.1, 0.15) is 62.8 Å². The molecule has 8 heteroatoms. The van der Waals surface area contributed by atoms with Gasteiger partial charge in [0.15, 0.2) is 0 Å². The summed E-state index contributed by atoms with van der Waals surface area (Å²) in [5, 5.41) is 3.04. The molecule has 41 heavy (non-hydrogen) atoms. The van der Waals surface area contributed by atoms with Gasteiger partial charge in [0, 0.05) is 18.5 Å². The van der Waals surface area contributed by atoms with E-state index in [1.165, 1.54) is 4.90 Å². The van der Waals surface area contributed by atoms with Gasteiger partial charge in [-0.3, -0.25) is 13.9 Å². The Kier molecular flexibility index (Phi) is 10.4. The molecule has 0 bridgehead atoms. The van der Waals surface area contributed by atoms with Crippen molar-refractivity contribution in [2.24, 2.45) is 0 Å². The molecule has 0 spiro atoms. The number of hydrogen-bond donors (Lipinski definition) is 1. The SMILES string of the molecule is Cc1ccc(CN(C(=O)CN(c2ccc(C(C)C)cc2)S(C)(=O)=O)C(Cc2ccccc2)C(=O)NC(C)(C)C)cc1. The highest BCUT2D eigenvalue weighted by Crippen LogP contribution is 2.23. The van der Waals surface area contributed by atoms with Crippen molar-refractivity contribution >= 4 is 27.5 Å². The first kappa shape index (κ1) is 31.9. The molecule has 0 saturated heterocycles. The van der Waals surface area contributed by atoms with Crippen molar-refractivity contribution in [1.29, 1.82) is 0 Å². The van der Waals surface area contributed by atoms with Crippen LogP contribution in [0.2, 0.25) is 0 Å². The third kappa shape index (κ3) is 9.46. The molecular weight excluding hydrogens is 534 g/mol. The minimum Gasteiger partial charge on any atom is -0.350 e. The molecule has 220 valence electrons. The number of rotatable bonds is 11. The van der Waals surface area contributed by atoms with Crippen LogP contribution >= 0.6 is 0 Å². The third-order valence-corrected chi connectivity index (χ3v) is 7.91. The number of nitrogens with zero attached hydrogens (tertiary/aromatic N) is 2. The van der Waals surface area contributed by atoms with E-state index in [-0.39, 0.29) is 24.8 Å². The van der Waals surface area contributed by atoms with Crippen molar-refractivity contribution in [3.05, 3.63) is 101 Å². The minimum absolute atomic E-state index is 0.151. The zero-order chi connectivity index (χ0) is 30.4. The summed E-state index contributed by atoms with van der Waals surface area (Å²) >= 11 is 0. The third-order valence-electron chi connectivity index (χ3n) is 6.77. The fourth-order valence-corrected chi connectivity index (χ4v) is 5.39. The molecule has 0 aromatic heterocycles. The number of nitrogens with one attached hydrogen (secondary N) is 1. The van der Waals surface area contributed by atoms with Crippen molar-refractivity contribution in [3.8, 4) is 0 Å². The van der Waals surface area contributed by atoms with Crippen LogP contribution < -0.4 is 9.62 Å². The maximum absolute atomic E-state index is 14.2. The minimum atomic E-state index is -3.81. The van der Waals surface area contributed by atoms with Crippen LogP contribution in [-0.2, 0) is 32.6 Å². The van der Waals surface area contributed by atoms with E-state index in [0.717, 1.165) is 32.8 Å². The van der Waals surface area contributed by atoms with Crippen molar-refractivity contribution in [2.45, 2.75) is 72.0 Å². The summed E-state index contributed by atoms with van der Waals surface area (Å²) in [5.74, 6) is -0.481. The smallest absolute Gasteiger partial charge is 0.244 e. The molecule has 0 aliphatic carbocycles. The van der Waals surface area contributed by atoms with Crippen LogP contribution in [0.4, 0.5) is 5.69 Å². The van der Waals surface area contributed by atoms with Crippen molar-refractivity contribution < 1.29 is 18.0 Å². The normalized spacial score (nSPS) is 12.6. The average Bonchev–Trinajstić information content (AvgIpc) is 2.89. The van der Waals surface area contributed by atoms with E-state index in [1.54, 1.807) is 12.1 Å². The van der Waals surface area contributed by atoms with E-state index >= 15 is 0 Å². The molecule has 0 saturated carbocycles. The van der Waals surface area contributed by atoms with Crippen molar-refractivity contribution in [3.63, 3.8) is 0 Å². The van der Waals surface area contributed by atoms with Gasteiger partial charge in [-0.2, -0.15) is 0 Å². The lowest BCUT2D eigenvalue weighted by Gasteiger charge is -2.35. The van der Waals surface area contributed by atoms with Crippen molar-refractivity contribution in [1.82, 2.24) is 10.2 Å². The lowest BCUT2D eigenvalue weighted by atomic mass is 10.0. The fourth-order valence-electron chi connectivity index (χ4n) is 4.54. The molecular formula is C33H43N3O4S. The van der Waals surface area contributed by atoms with Gasteiger partial charge < -0.3 is 10.2 Å². The Morgan fingerprint density at radius 1 is 0.854 bits per heavy atom. The molecule has 0 heterocycles. The van der Waals surface area contributed by atoms with Gasteiger partial charge in [0.2, 0.25) is 21.8 Å². The summed E-state index contributed by atoms with van der Waals surface area (Å²) in [6, 6.07) is 23.6. The highest BCUT2D eigenvalue weighted by atomic mass is 32.2. The first-order chi connectivity index (χ1) is 19.1. The number of aryl methyl sites for hydroxylation is 1. The maximum Gasteiger partial charge on any atom is 0.244 e. The number of amides is 2.